The maximum atomic E-state index is 12.5. The van der Waals surface area contributed by atoms with Gasteiger partial charge in [0, 0.05) is 12.1 Å². The second kappa shape index (κ2) is 7.27. The topological polar surface area (TPSA) is 61.4 Å². The van der Waals surface area contributed by atoms with E-state index in [9.17, 15) is 9.59 Å². The predicted molar refractivity (Wildman–Crippen MR) is 92.0 cm³/mol. The van der Waals surface area contributed by atoms with E-state index in [1.807, 2.05) is 53.5 Å². The molecule has 1 fully saturated rings. The molecule has 0 radical (unpaired) electrons. The van der Waals surface area contributed by atoms with Gasteiger partial charge in [0.25, 0.3) is 11.8 Å². The highest BCUT2D eigenvalue weighted by Crippen LogP contribution is 2.28. The third kappa shape index (κ3) is 3.31. The molecule has 0 saturated carbocycles. The van der Waals surface area contributed by atoms with E-state index in [1.54, 1.807) is 12.1 Å². The second-order valence-corrected chi connectivity index (χ2v) is 5.84. The summed E-state index contributed by atoms with van der Waals surface area (Å²) in [7, 11) is 0. The summed E-state index contributed by atoms with van der Waals surface area (Å²) in [5.74, 6) is -0.420. The first-order valence-corrected chi connectivity index (χ1v) is 8.18. The van der Waals surface area contributed by atoms with Gasteiger partial charge in [0.05, 0.1) is 6.04 Å². The van der Waals surface area contributed by atoms with Crippen molar-refractivity contribution < 1.29 is 9.59 Å². The van der Waals surface area contributed by atoms with Gasteiger partial charge in [0.1, 0.15) is 6.04 Å². The molecule has 2 amide bonds. The van der Waals surface area contributed by atoms with Crippen molar-refractivity contribution in [1.82, 2.24) is 15.8 Å². The standard InChI is InChI=1S/C19H21N3O2/c1-2-13-22-17(14-9-5-3-6-10-14)16(19(24)21-22)20-18(23)15-11-7-4-8-12-15/h3-12,16-17H,2,13H2,1H3,(H,20,23)(H,21,24)/t16-,17-/m0/s1. The van der Waals surface area contributed by atoms with Crippen molar-refractivity contribution in [3.63, 3.8) is 0 Å². The Labute approximate surface area is 141 Å². The summed E-state index contributed by atoms with van der Waals surface area (Å²) in [6, 6.07) is 17.9. The lowest BCUT2D eigenvalue weighted by molar-refractivity contribution is -0.122. The van der Waals surface area contributed by atoms with Crippen LogP contribution in [0.1, 0.15) is 35.3 Å². The lowest BCUT2D eigenvalue weighted by Gasteiger charge is -2.26. The molecule has 3 rings (SSSR count). The highest BCUT2D eigenvalue weighted by atomic mass is 16.2. The number of hydrazine groups is 1. The van der Waals surface area contributed by atoms with Crippen molar-refractivity contribution in [2.24, 2.45) is 0 Å². The molecule has 1 aliphatic heterocycles. The van der Waals surface area contributed by atoms with Crippen molar-refractivity contribution in [3.05, 3.63) is 71.8 Å². The van der Waals surface area contributed by atoms with Gasteiger partial charge in [0.2, 0.25) is 0 Å². The van der Waals surface area contributed by atoms with Crippen molar-refractivity contribution in [2.75, 3.05) is 6.54 Å². The maximum absolute atomic E-state index is 12.5. The zero-order valence-corrected chi connectivity index (χ0v) is 13.6. The molecule has 5 nitrogen and oxygen atoms in total. The van der Waals surface area contributed by atoms with Crippen LogP contribution in [0.2, 0.25) is 0 Å². The summed E-state index contributed by atoms with van der Waals surface area (Å²) in [6.45, 7) is 2.78. The largest absolute Gasteiger partial charge is 0.338 e. The van der Waals surface area contributed by atoms with E-state index < -0.39 is 6.04 Å². The predicted octanol–water partition coefficient (Wildman–Crippen LogP) is 2.28. The minimum Gasteiger partial charge on any atom is -0.338 e. The Morgan fingerprint density at radius 3 is 2.33 bits per heavy atom. The van der Waals surface area contributed by atoms with Gasteiger partial charge in [-0.2, -0.15) is 0 Å². The van der Waals surface area contributed by atoms with Crippen molar-refractivity contribution in [3.8, 4) is 0 Å². The summed E-state index contributed by atoms with van der Waals surface area (Å²) in [5.41, 5.74) is 4.44. The SMILES string of the molecule is CCCN1NC(=O)[C@@H](NC(=O)c2ccccc2)[C@@H]1c1ccccc1. The zero-order chi connectivity index (χ0) is 16.9. The second-order valence-electron chi connectivity index (χ2n) is 5.84. The third-order valence-electron chi connectivity index (χ3n) is 4.12. The molecule has 2 N–H and O–H groups in total. The number of nitrogens with one attached hydrogen (secondary N) is 2. The van der Waals surface area contributed by atoms with Crippen LogP contribution in [-0.4, -0.2) is 29.4 Å². The number of nitrogens with zero attached hydrogens (tertiary/aromatic N) is 1. The van der Waals surface area contributed by atoms with Crippen LogP contribution < -0.4 is 10.7 Å². The molecule has 2 aromatic carbocycles. The van der Waals surface area contributed by atoms with Crippen LogP contribution in [0, 0.1) is 0 Å². The molecule has 1 saturated heterocycles. The fraction of sp³-hybridized carbons (Fsp3) is 0.263. The Balaban J connectivity index is 1.86. The maximum Gasteiger partial charge on any atom is 0.258 e. The molecule has 5 heteroatoms. The first kappa shape index (κ1) is 16.2. The molecule has 1 aliphatic rings. The molecule has 24 heavy (non-hydrogen) atoms. The Bertz CT molecular complexity index is 703. The Hall–Kier alpha value is -2.66. The molecule has 0 aromatic heterocycles. The van der Waals surface area contributed by atoms with Gasteiger partial charge in [-0.25, -0.2) is 5.01 Å². The van der Waals surface area contributed by atoms with Gasteiger partial charge in [-0.1, -0.05) is 55.5 Å². The summed E-state index contributed by atoms with van der Waals surface area (Å²) >= 11 is 0. The van der Waals surface area contributed by atoms with Gasteiger partial charge in [-0.05, 0) is 24.1 Å². The summed E-state index contributed by atoms with van der Waals surface area (Å²) in [4.78, 5) is 24.9. The van der Waals surface area contributed by atoms with E-state index in [4.69, 9.17) is 0 Å². The molecule has 0 unspecified atom stereocenters. The van der Waals surface area contributed by atoms with Crippen molar-refractivity contribution in [1.29, 1.82) is 0 Å². The lowest BCUT2D eigenvalue weighted by Crippen LogP contribution is -2.43. The van der Waals surface area contributed by atoms with Gasteiger partial charge >= 0.3 is 0 Å². The van der Waals surface area contributed by atoms with Gasteiger partial charge in [-0.15, -0.1) is 0 Å². The van der Waals surface area contributed by atoms with Gasteiger partial charge < -0.3 is 5.32 Å². The average molecular weight is 323 g/mol. The minimum absolute atomic E-state index is 0.179. The number of benzene rings is 2. The van der Waals surface area contributed by atoms with Gasteiger partial charge in [-0.3, -0.25) is 15.0 Å². The number of rotatable bonds is 5. The van der Waals surface area contributed by atoms with Crippen LogP contribution in [0.3, 0.4) is 0 Å². The van der Waals surface area contributed by atoms with E-state index >= 15 is 0 Å². The molecular weight excluding hydrogens is 302 g/mol. The van der Waals surface area contributed by atoms with Crippen LogP contribution >= 0.6 is 0 Å². The summed E-state index contributed by atoms with van der Waals surface area (Å²) < 4.78 is 0. The summed E-state index contributed by atoms with van der Waals surface area (Å²) in [5, 5.41) is 4.80. The number of hydrogen-bond donors (Lipinski definition) is 2. The molecule has 1 heterocycles. The molecule has 0 aliphatic carbocycles. The fourth-order valence-electron chi connectivity index (χ4n) is 3.02. The van der Waals surface area contributed by atoms with Crippen molar-refractivity contribution >= 4 is 11.8 Å². The smallest absolute Gasteiger partial charge is 0.258 e. The Kier molecular flexibility index (Phi) is 4.91. The molecule has 2 atom stereocenters. The summed E-state index contributed by atoms with van der Waals surface area (Å²) in [6.07, 6.45) is 0.906. The first-order chi connectivity index (χ1) is 11.7. The van der Waals surface area contributed by atoms with Crippen molar-refractivity contribution in [2.45, 2.75) is 25.4 Å². The highest BCUT2D eigenvalue weighted by Gasteiger charge is 2.42. The highest BCUT2D eigenvalue weighted by molar-refractivity contribution is 5.98. The first-order valence-electron chi connectivity index (χ1n) is 8.18. The quantitative estimate of drug-likeness (QED) is 0.887. The normalized spacial score (nSPS) is 20.6. The molecule has 124 valence electrons. The van der Waals surface area contributed by atoms with E-state index in [1.165, 1.54) is 0 Å². The minimum atomic E-state index is -0.619. The lowest BCUT2D eigenvalue weighted by atomic mass is 9.99. The van der Waals surface area contributed by atoms with Crippen LogP contribution in [0.5, 0.6) is 0 Å². The number of amides is 2. The van der Waals surface area contributed by atoms with Crippen LogP contribution in [0.25, 0.3) is 0 Å². The van der Waals surface area contributed by atoms with E-state index in [2.05, 4.69) is 17.7 Å². The fourth-order valence-corrected chi connectivity index (χ4v) is 3.02. The number of hydrogen-bond acceptors (Lipinski definition) is 3. The molecule has 2 aromatic rings. The van der Waals surface area contributed by atoms with Gasteiger partial charge in [0.15, 0.2) is 0 Å². The Morgan fingerprint density at radius 2 is 1.71 bits per heavy atom. The van der Waals surface area contributed by atoms with Crippen LogP contribution in [0.4, 0.5) is 0 Å². The average Bonchev–Trinajstić information content (AvgIpc) is 2.92. The van der Waals surface area contributed by atoms with E-state index in [0.29, 0.717) is 5.56 Å². The number of carbonyl (C=O) groups excluding carboxylic acids is 2. The molecule has 0 bridgehead atoms. The molecular formula is C19H21N3O2. The van der Waals surface area contributed by atoms with Crippen LogP contribution in [-0.2, 0) is 4.79 Å². The zero-order valence-electron chi connectivity index (χ0n) is 13.6. The van der Waals surface area contributed by atoms with E-state index in [-0.39, 0.29) is 17.9 Å². The number of carbonyl (C=O) groups is 2. The van der Waals surface area contributed by atoms with E-state index in [0.717, 1.165) is 18.5 Å². The van der Waals surface area contributed by atoms with Crippen LogP contribution in [0.15, 0.2) is 60.7 Å². The molecule has 0 spiro atoms. The Morgan fingerprint density at radius 1 is 1.08 bits per heavy atom. The third-order valence-corrected chi connectivity index (χ3v) is 4.12. The monoisotopic (exact) mass is 323 g/mol.